The van der Waals surface area contributed by atoms with Gasteiger partial charge in [0, 0.05) is 6.04 Å². The normalized spacial score (nSPS) is 16.0. The molecule has 1 fully saturated rings. The Morgan fingerprint density at radius 3 is 2.60 bits per heavy atom. The summed E-state index contributed by atoms with van der Waals surface area (Å²) in [5, 5.41) is 4.15. The number of benzene rings is 1. The van der Waals surface area contributed by atoms with Gasteiger partial charge in [-0.15, -0.1) is 0 Å². The molecule has 1 atom stereocenters. The molecule has 0 amide bonds. The monoisotopic (exact) mass is 297 g/mol. The second kappa shape index (κ2) is 7.19. The molecule has 0 bridgehead atoms. The molecule has 2 rings (SSSR count). The van der Waals surface area contributed by atoms with E-state index in [1.165, 1.54) is 24.8 Å². The Balaban J connectivity index is 2.19. The van der Waals surface area contributed by atoms with Crippen molar-refractivity contribution in [3.8, 4) is 11.5 Å². The highest BCUT2D eigenvalue weighted by Gasteiger charge is 2.24. The second-order valence-electron chi connectivity index (χ2n) is 5.37. The Kier molecular flexibility index (Phi) is 5.55. The lowest BCUT2D eigenvalue weighted by atomic mass is 9.99. The number of nitrogens with one attached hydrogen (secondary N) is 1. The number of hydrogen-bond donors (Lipinski definition) is 1. The van der Waals surface area contributed by atoms with Crippen LogP contribution in [0.5, 0.6) is 11.5 Å². The van der Waals surface area contributed by atoms with Crippen molar-refractivity contribution >= 4 is 11.6 Å². The van der Waals surface area contributed by atoms with Crippen molar-refractivity contribution in [2.45, 2.75) is 38.6 Å². The molecule has 20 heavy (non-hydrogen) atoms. The lowest BCUT2D eigenvalue weighted by Crippen LogP contribution is -2.21. The van der Waals surface area contributed by atoms with Crippen LogP contribution in [0.2, 0.25) is 5.02 Å². The standard InChI is InChI=1S/C16H24ClNO2/c1-4-18-14(8-7-11-5-6-11)12-9-13(17)16(20-3)15(10-12)19-2/h9-11,14,18H,4-8H2,1-3H3. The Hall–Kier alpha value is -0.930. The van der Waals surface area contributed by atoms with E-state index in [4.69, 9.17) is 21.1 Å². The zero-order chi connectivity index (χ0) is 14.5. The largest absolute Gasteiger partial charge is 0.493 e. The van der Waals surface area contributed by atoms with Crippen molar-refractivity contribution in [1.29, 1.82) is 0 Å². The Morgan fingerprint density at radius 1 is 1.30 bits per heavy atom. The maximum Gasteiger partial charge on any atom is 0.179 e. The van der Waals surface area contributed by atoms with Gasteiger partial charge in [-0.25, -0.2) is 0 Å². The smallest absolute Gasteiger partial charge is 0.179 e. The highest BCUT2D eigenvalue weighted by atomic mass is 35.5. The molecule has 0 saturated heterocycles. The average molecular weight is 298 g/mol. The van der Waals surface area contributed by atoms with Gasteiger partial charge in [0.25, 0.3) is 0 Å². The molecule has 1 unspecified atom stereocenters. The number of rotatable bonds is 8. The summed E-state index contributed by atoms with van der Waals surface area (Å²) in [6.45, 7) is 3.08. The Bertz CT molecular complexity index is 446. The van der Waals surface area contributed by atoms with E-state index < -0.39 is 0 Å². The maximum atomic E-state index is 6.30. The molecular weight excluding hydrogens is 274 g/mol. The minimum Gasteiger partial charge on any atom is -0.493 e. The Labute approximate surface area is 126 Å². The molecule has 1 aliphatic rings. The van der Waals surface area contributed by atoms with Crippen LogP contribution in [-0.2, 0) is 0 Å². The van der Waals surface area contributed by atoms with Gasteiger partial charge in [0.1, 0.15) is 0 Å². The first-order chi connectivity index (χ1) is 9.69. The van der Waals surface area contributed by atoms with Gasteiger partial charge in [-0.2, -0.15) is 0 Å². The molecule has 1 aromatic rings. The van der Waals surface area contributed by atoms with Crippen LogP contribution in [0.4, 0.5) is 0 Å². The molecule has 3 nitrogen and oxygen atoms in total. The summed E-state index contributed by atoms with van der Waals surface area (Å²) in [4.78, 5) is 0. The van der Waals surface area contributed by atoms with E-state index in [2.05, 4.69) is 12.2 Å². The SMILES string of the molecule is CCNC(CCC1CC1)c1cc(Cl)c(OC)c(OC)c1. The molecule has 1 N–H and O–H groups in total. The van der Waals surface area contributed by atoms with Crippen molar-refractivity contribution < 1.29 is 9.47 Å². The van der Waals surface area contributed by atoms with E-state index in [1.54, 1.807) is 14.2 Å². The van der Waals surface area contributed by atoms with Crippen LogP contribution in [0, 0.1) is 5.92 Å². The summed E-state index contributed by atoms with van der Waals surface area (Å²) < 4.78 is 10.7. The van der Waals surface area contributed by atoms with E-state index in [1.807, 2.05) is 12.1 Å². The molecular formula is C16H24ClNO2. The Morgan fingerprint density at radius 2 is 2.05 bits per heavy atom. The molecule has 0 aliphatic heterocycles. The summed E-state index contributed by atoms with van der Waals surface area (Å²) in [7, 11) is 3.25. The first-order valence-electron chi connectivity index (χ1n) is 7.34. The average Bonchev–Trinajstić information content (AvgIpc) is 3.26. The van der Waals surface area contributed by atoms with Crippen molar-refractivity contribution in [2.75, 3.05) is 20.8 Å². The zero-order valence-corrected chi connectivity index (χ0v) is 13.3. The van der Waals surface area contributed by atoms with Crippen molar-refractivity contribution in [2.24, 2.45) is 5.92 Å². The van der Waals surface area contributed by atoms with Crippen LogP contribution in [0.15, 0.2) is 12.1 Å². The summed E-state index contributed by atoms with van der Waals surface area (Å²) >= 11 is 6.30. The van der Waals surface area contributed by atoms with Crippen molar-refractivity contribution in [3.05, 3.63) is 22.7 Å². The quantitative estimate of drug-likeness (QED) is 0.780. The third kappa shape index (κ3) is 3.80. The van der Waals surface area contributed by atoms with Gasteiger partial charge in [0.05, 0.1) is 19.2 Å². The van der Waals surface area contributed by atoms with Crippen LogP contribution in [0.1, 0.15) is 44.2 Å². The topological polar surface area (TPSA) is 30.5 Å². The lowest BCUT2D eigenvalue weighted by molar-refractivity contribution is 0.353. The third-order valence-corrected chi connectivity index (χ3v) is 4.15. The minimum atomic E-state index is 0.331. The van der Waals surface area contributed by atoms with E-state index in [9.17, 15) is 0 Å². The first kappa shape index (κ1) is 15.5. The molecule has 1 aromatic carbocycles. The highest BCUT2D eigenvalue weighted by molar-refractivity contribution is 6.32. The van der Waals surface area contributed by atoms with Gasteiger partial charge >= 0.3 is 0 Å². The van der Waals surface area contributed by atoms with Crippen LogP contribution in [-0.4, -0.2) is 20.8 Å². The second-order valence-corrected chi connectivity index (χ2v) is 5.78. The number of ether oxygens (including phenoxy) is 2. The minimum absolute atomic E-state index is 0.331. The lowest BCUT2D eigenvalue weighted by Gasteiger charge is -2.20. The van der Waals surface area contributed by atoms with Crippen LogP contribution in [0.3, 0.4) is 0 Å². The summed E-state index contributed by atoms with van der Waals surface area (Å²) in [5.41, 5.74) is 1.18. The molecule has 1 aliphatic carbocycles. The molecule has 0 spiro atoms. The number of halogens is 1. The molecule has 0 heterocycles. The molecule has 112 valence electrons. The van der Waals surface area contributed by atoms with Crippen LogP contribution in [0.25, 0.3) is 0 Å². The fraction of sp³-hybridized carbons (Fsp3) is 0.625. The summed E-state index contributed by atoms with van der Waals surface area (Å²) in [5.74, 6) is 2.24. The van der Waals surface area contributed by atoms with Crippen molar-refractivity contribution in [1.82, 2.24) is 5.32 Å². The highest BCUT2D eigenvalue weighted by Crippen LogP contribution is 2.40. The van der Waals surface area contributed by atoms with Gasteiger partial charge in [-0.3, -0.25) is 0 Å². The summed E-state index contributed by atoms with van der Waals surface area (Å²) in [6.07, 6.45) is 5.21. The summed E-state index contributed by atoms with van der Waals surface area (Å²) in [6, 6.07) is 4.35. The van der Waals surface area contributed by atoms with Crippen LogP contribution >= 0.6 is 11.6 Å². The van der Waals surface area contributed by atoms with E-state index in [0.717, 1.165) is 18.9 Å². The predicted molar refractivity (Wildman–Crippen MR) is 82.9 cm³/mol. The molecule has 1 saturated carbocycles. The number of hydrogen-bond acceptors (Lipinski definition) is 3. The fourth-order valence-corrected chi connectivity index (χ4v) is 2.88. The molecule has 0 radical (unpaired) electrons. The van der Waals surface area contributed by atoms with E-state index >= 15 is 0 Å². The van der Waals surface area contributed by atoms with Crippen molar-refractivity contribution in [3.63, 3.8) is 0 Å². The first-order valence-corrected chi connectivity index (χ1v) is 7.72. The van der Waals surface area contributed by atoms with Gasteiger partial charge < -0.3 is 14.8 Å². The maximum absolute atomic E-state index is 6.30. The number of methoxy groups -OCH3 is 2. The van der Waals surface area contributed by atoms with Gasteiger partial charge in [-0.1, -0.05) is 31.4 Å². The van der Waals surface area contributed by atoms with Gasteiger partial charge in [0.15, 0.2) is 11.5 Å². The van der Waals surface area contributed by atoms with Gasteiger partial charge in [0.2, 0.25) is 0 Å². The van der Waals surface area contributed by atoms with E-state index in [0.29, 0.717) is 22.6 Å². The third-order valence-electron chi connectivity index (χ3n) is 3.87. The zero-order valence-electron chi connectivity index (χ0n) is 12.5. The van der Waals surface area contributed by atoms with E-state index in [-0.39, 0.29) is 0 Å². The fourth-order valence-electron chi connectivity index (χ4n) is 2.58. The molecule has 0 aromatic heterocycles. The molecule has 4 heteroatoms. The predicted octanol–water partition coefficient (Wildman–Crippen LogP) is 4.20. The van der Waals surface area contributed by atoms with Crippen LogP contribution < -0.4 is 14.8 Å². The van der Waals surface area contributed by atoms with Gasteiger partial charge in [-0.05, 0) is 43.0 Å².